The van der Waals surface area contributed by atoms with Crippen molar-refractivity contribution < 1.29 is 28.8 Å². The van der Waals surface area contributed by atoms with Gasteiger partial charge in [0.25, 0.3) is 5.91 Å². The molecule has 0 unspecified atom stereocenters. The van der Waals surface area contributed by atoms with Gasteiger partial charge in [-0.2, -0.15) is 0 Å². The van der Waals surface area contributed by atoms with Crippen LogP contribution in [0.5, 0.6) is 5.75 Å². The van der Waals surface area contributed by atoms with Crippen molar-refractivity contribution in [3.05, 3.63) is 65.5 Å². The molecule has 12 heteroatoms. The average molecular weight is 565 g/mol. The van der Waals surface area contributed by atoms with Crippen LogP contribution in [-0.2, 0) is 0 Å². The predicted molar refractivity (Wildman–Crippen MR) is 154 cm³/mol. The number of anilines is 3. The Morgan fingerprint density at radius 3 is 2.51 bits per heavy atom. The number of aliphatic hydroxyl groups excluding tert-OH is 1. The van der Waals surface area contributed by atoms with E-state index in [1.165, 1.54) is 4.90 Å². The largest absolute Gasteiger partial charge is 0.487 e. The standard InChI is InChI=1S/C29H36N6O6/c1-17-14-35(18(2)16-36)27(37)23-13-22(30-28(38)32-26-19(3)33-41-20(26)4)11-12-24(23)40-25(17)15-34(5)29(39)31-21-9-7-6-8-10-21/h6-13,17-18,25,36H,14-16H2,1-5H3,(H,31,39)(H2,30,32,38)/t17-,18-,25-/m0/s1. The summed E-state index contributed by atoms with van der Waals surface area (Å²) in [6.07, 6.45) is -0.469. The lowest BCUT2D eigenvalue weighted by atomic mass is 9.99. The van der Waals surface area contributed by atoms with Crippen molar-refractivity contribution >= 4 is 35.0 Å². The molecular formula is C29H36N6O6. The number of nitrogens with one attached hydrogen (secondary N) is 3. The Morgan fingerprint density at radius 1 is 1.12 bits per heavy atom. The first-order valence-corrected chi connectivity index (χ1v) is 13.4. The molecule has 2 aromatic carbocycles. The van der Waals surface area contributed by atoms with Gasteiger partial charge in [0.1, 0.15) is 23.2 Å². The van der Waals surface area contributed by atoms with E-state index < -0.39 is 18.2 Å². The summed E-state index contributed by atoms with van der Waals surface area (Å²) in [6, 6.07) is 12.7. The van der Waals surface area contributed by atoms with Crippen molar-refractivity contribution in [2.45, 2.75) is 39.8 Å². The molecule has 1 aromatic heterocycles. The fourth-order valence-electron chi connectivity index (χ4n) is 4.55. The fourth-order valence-corrected chi connectivity index (χ4v) is 4.55. The first kappa shape index (κ1) is 29.4. The third-order valence-corrected chi connectivity index (χ3v) is 7.02. The summed E-state index contributed by atoms with van der Waals surface area (Å²) in [4.78, 5) is 42.4. The monoisotopic (exact) mass is 564 g/mol. The number of aliphatic hydroxyl groups is 1. The van der Waals surface area contributed by atoms with Crippen molar-refractivity contribution in [2.24, 2.45) is 5.92 Å². The van der Waals surface area contributed by atoms with E-state index in [1.807, 2.05) is 25.1 Å². The van der Waals surface area contributed by atoms with Gasteiger partial charge in [-0.05, 0) is 51.1 Å². The first-order valence-electron chi connectivity index (χ1n) is 13.4. The number of aromatic nitrogens is 1. The van der Waals surface area contributed by atoms with Crippen molar-refractivity contribution in [3.8, 4) is 5.75 Å². The van der Waals surface area contributed by atoms with Crippen LogP contribution in [0.4, 0.5) is 26.7 Å². The van der Waals surface area contributed by atoms with Crippen LogP contribution in [0, 0.1) is 19.8 Å². The van der Waals surface area contributed by atoms with E-state index >= 15 is 0 Å². The Morgan fingerprint density at radius 2 is 1.85 bits per heavy atom. The Kier molecular flexibility index (Phi) is 9.13. The Bertz CT molecular complexity index is 1370. The first-order chi connectivity index (χ1) is 19.6. The van der Waals surface area contributed by atoms with Crippen molar-refractivity contribution in [3.63, 3.8) is 0 Å². The molecule has 0 fully saturated rings. The third kappa shape index (κ3) is 6.95. The molecule has 4 N–H and O–H groups in total. The van der Waals surface area contributed by atoms with Crippen LogP contribution in [0.25, 0.3) is 0 Å². The predicted octanol–water partition coefficient (Wildman–Crippen LogP) is 4.32. The van der Waals surface area contributed by atoms with E-state index in [-0.39, 0.29) is 36.6 Å². The summed E-state index contributed by atoms with van der Waals surface area (Å²) in [6.45, 7) is 7.42. The number of nitrogens with zero attached hydrogens (tertiary/aromatic N) is 3. The maximum Gasteiger partial charge on any atom is 0.323 e. The van der Waals surface area contributed by atoms with Crippen LogP contribution < -0.4 is 20.7 Å². The number of urea groups is 2. The zero-order chi connectivity index (χ0) is 29.7. The Hall–Kier alpha value is -4.58. The lowest BCUT2D eigenvalue weighted by Gasteiger charge is -2.38. The van der Waals surface area contributed by atoms with Crippen LogP contribution in [0.15, 0.2) is 53.1 Å². The zero-order valence-electron chi connectivity index (χ0n) is 23.8. The molecule has 4 rings (SSSR count). The van der Waals surface area contributed by atoms with E-state index in [0.29, 0.717) is 40.8 Å². The number of hydrogen-bond donors (Lipinski definition) is 4. The lowest BCUT2D eigenvalue weighted by Crippen LogP contribution is -2.50. The number of fused-ring (bicyclic) bond motifs is 1. The molecule has 3 atom stereocenters. The van der Waals surface area contributed by atoms with Crippen LogP contribution in [0.2, 0.25) is 0 Å². The van der Waals surface area contributed by atoms with E-state index in [4.69, 9.17) is 9.26 Å². The second kappa shape index (κ2) is 12.7. The highest BCUT2D eigenvalue weighted by molar-refractivity contribution is 6.03. The van der Waals surface area contributed by atoms with E-state index in [1.54, 1.807) is 63.1 Å². The molecule has 2 heterocycles. The molecule has 0 saturated carbocycles. The number of likely N-dealkylation sites (N-methyl/N-ethyl adjacent to an activating group) is 1. The second-order valence-electron chi connectivity index (χ2n) is 10.3. The van der Waals surface area contributed by atoms with Gasteiger partial charge < -0.3 is 40.1 Å². The molecule has 0 radical (unpaired) electrons. The minimum atomic E-state index is -0.531. The molecule has 0 aliphatic carbocycles. The van der Waals surface area contributed by atoms with Gasteiger partial charge in [-0.15, -0.1) is 0 Å². The topological polar surface area (TPSA) is 149 Å². The van der Waals surface area contributed by atoms with E-state index in [2.05, 4.69) is 21.1 Å². The number of aryl methyl sites for hydroxylation is 2. The number of amides is 5. The number of rotatable bonds is 7. The maximum atomic E-state index is 13.7. The molecule has 0 bridgehead atoms. The van der Waals surface area contributed by atoms with Crippen LogP contribution in [0.1, 0.15) is 35.7 Å². The third-order valence-electron chi connectivity index (χ3n) is 7.02. The van der Waals surface area contributed by atoms with Crippen molar-refractivity contribution in [1.29, 1.82) is 0 Å². The quantitative estimate of drug-likeness (QED) is 0.334. The number of hydrogen-bond acceptors (Lipinski definition) is 7. The SMILES string of the molecule is Cc1noc(C)c1NC(=O)Nc1ccc2c(c1)C(=O)N([C@@H](C)CO)C[C@H](C)[C@H](CN(C)C(=O)Nc1ccccc1)O2. The van der Waals surface area contributed by atoms with Gasteiger partial charge in [-0.25, -0.2) is 9.59 Å². The minimum absolute atomic E-state index is 0.174. The summed E-state index contributed by atoms with van der Waals surface area (Å²) in [7, 11) is 1.68. The van der Waals surface area contributed by atoms with Crippen LogP contribution in [-0.4, -0.2) is 76.9 Å². The number of benzene rings is 2. The number of carbonyl (C=O) groups is 3. The smallest absolute Gasteiger partial charge is 0.323 e. The van der Waals surface area contributed by atoms with Gasteiger partial charge in [0, 0.05) is 30.9 Å². The molecule has 12 nitrogen and oxygen atoms in total. The van der Waals surface area contributed by atoms with Gasteiger partial charge in [0.2, 0.25) is 0 Å². The van der Waals surface area contributed by atoms with Gasteiger partial charge >= 0.3 is 12.1 Å². The van der Waals surface area contributed by atoms with Gasteiger partial charge in [0.05, 0.1) is 24.8 Å². The fraction of sp³-hybridized carbons (Fsp3) is 0.379. The lowest BCUT2D eigenvalue weighted by molar-refractivity contribution is 0.0371. The second-order valence-corrected chi connectivity index (χ2v) is 10.3. The van der Waals surface area contributed by atoms with Crippen LogP contribution in [0.3, 0.4) is 0 Å². The Labute approximate surface area is 238 Å². The number of carbonyl (C=O) groups excluding carboxylic acids is 3. The summed E-state index contributed by atoms with van der Waals surface area (Å²) < 4.78 is 11.4. The van der Waals surface area contributed by atoms with Gasteiger partial charge in [-0.3, -0.25) is 4.79 Å². The summed E-state index contributed by atoms with van der Waals surface area (Å²) in [5.41, 5.74) is 2.28. The van der Waals surface area contributed by atoms with E-state index in [9.17, 15) is 19.5 Å². The van der Waals surface area contributed by atoms with Crippen molar-refractivity contribution in [1.82, 2.24) is 15.0 Å². The molecule has 0 saturated heterocycles. The van der Waals surface area contributed by atoms with Crippen LogP contribution >= 0.6 is 0 Å². The van der Waals surface area contributed by atoms with Gasteiger partial charge in [-0.1, -0.05) is 30.3 Å². The average Bonchev–Trinajstić information content (AvgIpc) is 3.27. The molecule has 1 aliphatic heterocycles. The maximum absolute atomic E-state index is 13.7. The molecule has 218 valence electrons. The normalized spacial score (nSPS) is 17.4. The number of para-hydroxylation sites is 1. The molecule has 3 aromatic rings. The molecule has 41 heavy (non-hydrogen) atoms. The highest BCUT2D eigenvalue weighted by atomic mass is 16.5. The summed E-state index contributed by atoms with van der Waals surface area (Å²) in [5, 5.41) is 22.0. The van der Waals surface area contributed by atoms with E-state index in [0.717, 1.165) is 0 Å². The number of ether oxygens (including phenoxy) is 1. The minimum Gasteiger partial charge on any atom is -0.487 e. The summed E-state index contributed by atoms with van der Waals surface area (Å²) in [5.74, 6) is 0.273. The zero-order valence-corrected chi connectivity index (χ0v) is 23.8. The molecule has 1 aliphatic rings. The molecule has 5 amide bonds. The summed E-state index contributed by atoms with van der Waals surface area (Å²) >= 11 is 0. The molecular weight excluding hydrogens is 528 g/mol. The Balaban J connectivity index is 1.56. The van der Waals surface area contributed by atoms with Crippen molar-refractivity contribution in [2.75, 3.05) is 42.7 Å². The molecule has 0 spiro atoms. The highest BCUT2D eigenvalue weighted by Crippen LogP contribution is 2.31. The van der Waals surface area contributed by atoms with Gasteiger partial charge in [0.15, 0.2) is 5.76 Å². The highest BCUT2D eigenvalue weighted by Gasteiger charge is 2.34.